The molecule has 0 fully saturated rings. The third-order valence-corrected chi connectivity index (χ3v) is 3.41. The normalized spacial score (nSPS) is 13.6. The highest BCUT2D eigenvalue weighted by Crippen LogP contribution is 2.26. The Morgan fingerprint density at radius 2 is 1.82 bits per heavy atom. The first-order chi connectivity index (χ1) is 9.90. The summed E-state index contributed by atoms with van der Waals surface area (Å²) in [6.07, 6.45) is -0.437. The second-order valence-corrected chi connectivity index (χ2v) is 7.81. The predicted octanol–water partition coefficient (Wildman–Crippen LogP) is 3.82. The van der Waals surface area contributed by atoms with Crippen molar-refractivity contribution in [3.8, 4) is 0 Å². The number of ether oxygens (including phenoxy) is 1. The number of carbonyl (C=O) groups excluding carboxylic acids is 1. The van der Waals surface area contributed by atoms with Gasteiger partial charge in [-0.25, -0.2) is 4.79 Å². The Hall–Kier alpha value is -1.55. The molecule has 1 unspecified atom stereocenters. The summed E-state index contributed by atoms with van der Waals surface area (Å²) in [4.78, 5) is 11.7. The lowest BCUT2D eigenvalue weighted by molar-refractivity contribution is 0.0524. The molecule has 124 valence electrons. The van der Waals surface area contributed by atoms with Crippen LogP contribution in [0.4, 0.5) is 4.79 Å². The fourth-order valence-corrected chi connectivity index (χ4v) is 2.12. The summed E-state index contributed by atoms with van der Waals surface area (Å²) < 4.78 is 5.23. The Morgan fingerprint density at radius 1 is 1.23 bits per heavy atom. The second kappa shape index (κ2) is 6.69. The van der Waals surface area contributed by atoms with Gasteiger partial charge >= 0.3 is 6.09 Å². The van der Waals surface area contributed by atoms with E-state index in [1.807, 2.05) is 27.7 Å². The van der Waals surface area contributed by atoms with Crippen molar-refractivity contribution < 1.29 is 9.53 Å². The van der Waals surface area contributed by atoms with E-state index in [1.54, 1.807) is 0 Å². The summed E-state index contributed by atoms with van der Waals surface area (Å²) in [5.41, 5.74) is 9.24. The van der Waals surface area contributed by atoms with Crippen LogP contribution in [0.3, 0.4) is 0 Å². The number of rotatable bonds is 3. The quantitative estimate of drug-likeness (QED) is 0.892. The van der Waals surface area contributed by atoms with Crippen molar-refractivity contribution in [1.29, 1.82) is 0 Å². The van der Waals surface area contributed by atoms with Crippen LogP contribution in [0.1, 0.15) is 64.3 Å². The number of nitrogens with two attached hydrogens (primary N) is 1. The number of hydrogen-bond donors (Lipinski definition) is 2. The molecule has 4 nitrogen and oxygen atoms in total. The predicted molar refractivity (Wildman–Crippen MR) is 91.0 cm³/mol. The Bertz CT molecular complexity index is 525. The van der Waals surface area contributed by atoms with Crippen LogP contribution in [0.5, 0.6) is 0 Å². The van der Waals surface area contributed by atoms with Gasteiger partial charge in [0, 0.05) is 12.6 Å². The van der Waals surface area contributed by atoms with Crippen LogP contribution in [0.15, 0.2) is 18.2 Å². The van der Waals surface area contributed by atoms with E-state index in [-0.39, 0.29) is 11.5 Å². The fraction of sp³-hybridized carbons (Fsp3) is 0.611. The van der Waals surface area contributed by atoms with Crippen LogP contribution in [0.25, 0.3) is 0 Å². The highest BCUT2D eigenvalue weighted by atomic mass is 16.6. The van der Waals surface area contributed by atoms with Crippen molar-refractivity contribution in [1.82, 2.24) is 5.32 Å². The first-order valence-corrected chi connectivity index (χ1v) is 7.73. The zero-order chi connectivity index (χ0) is 17.1. The van der Waals surface area contributed by atoms with Gasteiger partial charge in [0.05, 0.1) is 0 Å². The van der Waals surface area contributed by atoms with Gasteiger partial charge in [-0.05, 0) is 49.8 Å². The van der Waals surface area contributed by atoms with Crippen molar-refractivity contribution in [3.63, 3.8) is 0 Å². The number of hydrogen-bond acceptors (Lipinski definition) is 3. The molecule has 1 amide bonds. The Morgan fingerprint density at radius 3 is 2.32 bits per heavy atom. The largest absolute Gasteiger partial charge is 0.444 e. The molecular formula is C18H30N2O2. The molecule has 0 aliphatic heterocycles. The van der Waals surface area contributed by atoms with Gasteiger partial charge in [-0.2, -0.15) is 0 Å². The van der Waals surface area contributed by atoms with Gasteiger partial charge in [-0.15, -0.1) is 0 Å². The molecule has 1 aromatic rings. The first kappa shape index (κ1) is 18.5. The summed E-state index contributed by atoms with van der Waals surface area (Å²) in [6, 6.07) is 6.10. The van der Waals surface area contributed by atoms with Gasteiger partial charge in [-0.3, -0.25) is 0 Å². The highest BCUT2D eigenvalue weighted by Gasteiger charge is 2.19. The molecule has 0 aliphatic carbocycles. The van der Waals surface area contributed by atoms with Crippen LogP contribution in [0, 0.1) is 6.92 Å². The molecule has 0 radical (unpaired) electrons. The average molecular weight is 306 g/mol. The van der Waals surface area contributed by atoms with Gasteiger partial charge in [-0.1, -0.05) is 39.0 Å². The lowest BCUT2D eigenvalue weighted by atomic mass is 9.84. The molecule has 1 atom stereocenters. The van der Waals surface area contributed by atoms with E-state index in [0.29, 0.717) is 6.54 Å². The van der Waals surface area contributed by atoms with E-state index >= 15 is 0 Å². The minimum atomic E-state index is -0.504. The van der Waals surface area contributed by atoms with E-state index in [4.69, 9.17) is 10.5 Å². The van der Waals surface area contributed by atoms with Crippen LogP contribution in [-0.4, -0.2) is 18.2 Å². The Balaban J connectivity index is 2.77. The van der Waals surface area contributed by atoms with Crippen LogP contribution >= 0.6 is 0 Å². The SMILES string of the molecule is Cc1ccc(C(C)(C)C)cc1C(N)CNC(=O)OC(C)(C)C. The van der Waals surface area contributed by atoms with Crippen LogP contribution in [0.2, 0.25) is 0 Å². The van der Waals surface area contributed by atoms with Gasteiger partial charge in [0.2, 0.25) is 0 Å². The number of nitrogens with one attached hydrogen (secondary N) is 1. The van der Waals surface area contributed by atoms with Crippen molar-refractivity contribution in [2.24, 2.45) is 5.73 Å². The van der Waals surface area contributed by atoms with Crippen LogP contribution in [-0.2, 0) is 10.2 Å². The number of amides is 1. The van der Waals surface area contributed by atoms with Crippen LogP contribution < -0.4 is 11.1 Å². The van der Waals surface area contributed by atoms with E-state index in [1.165, 1.54) is 5.56 Å². The standard InChI is InChI=1S/C18H30N2O2/c1-12-8-9-13(17(2,3)4)10-14(12)15(19)11-20-16(21)22-18(5,6)7/h8-10,15H,11,19H2,1-7H3,(H,20,21). The molecule has 0 aromatic heterocycles. The maximum atomic E-state index is 11.7. The molecule has 1 aromatic carbocycles. The summed E-state index contributed by atoms with van der Waals surface area (Å²) in [6.45, 7) is 14.4. The van der Waals surface area contributed by atoms with Gasteiger partial charge < -0.3 is 15.8 Å². The number of alkyl carbamates (subject to hydrolysis) is 1. The van der Waals surface area contributed by atoms with E-state index in [0.717, 1.165) is 11.1 Å². The summed E-state index contributed by atoms with van der Waals surface area (Å²) in [5, 5.41) is 2.74. The smallest absolute Gasteiger partial charge is 0.407 e. The number of benzene rings is 1. The monoisotopic (exact) mass is 306 g/mol. The van der Waals surface area contributed by atoms with Gasteiger partial charge in [0.1, 0.15) is 5.60 Å². The molecule has 4 heteroatoms. The maximum absolute atomic E-state index is 11.7. The topological polar surface area (TPSA) is 64.3 Å². The molecule has 3 N–H and O–H groups in total. The molecule has 0 heterocycles. The lowest BCUT2D eigenvalue weighted by Gasteiger charge is -2.24. The number of aryl methyl sites for hydroxylation is 1. The zero-order valence-corrected chi connectivity index (χ0v) is 14.9. The average Bonchev–Trinajstić information content (AvgIpc) is 2.33. The Labute approximate surface area is 134 Å². The lowest BCUT2D eigenvalue weighted by Crippen LogP contribution is -2.36. The molecule has 0 saturated carbocycles. The molecule has 0 spiro atoms. The second-order valence-electron chi connectivity index (χ2n) is 7.81. The molecule has 0 bridgehead atoms. The third-order valence-electron chi connectivity index (χ3n) is 3.41. The maximum Gasteiger partial charge on any atom is 0.407 e. The highest BCUT2D eigenvalue weighted by molar-refractivity contribution is 5.67. The molecule has 22 heavy (non-hydrogen) atoms. The van der Waals surface area contributed by atoms with Crippen molar-refractivity contribution in [3.05, 3.63) is 34.9 Å². The molecule has 0 aliphatic rings. The summed E-state index contributed by atoms with van der Waals surface area (Å²) in [7, 11) is 0. The first-order valence-electron chi connectivity index (χ1n) is 7.73. The van der Waals surface area contributed by atoms with Crippen molar-refractivity contribution in [2.45, 2.75) is 65.5 Å². The van der Waals surface area contributed by atoms with Crippen molar-refractivity contribution >= 4 is 6.09 Å². The Kier molecular flexibility index (Phi) is 5.63. The third kappa shape index (κ3) is 5.68. The van der Waals surface area contributed by atoms with Crippen molar-refractivity contribution in [2.75, 3.05) is 6.54 Å². The fourth-order valence-electron chi connectivity index (χ4n) is 2.12. The minimum Gasteiger partial charge on any atom is -0.444 e. The summed E-state index contributed by atoms with van der Waals surface area (Å²) >= 11 is 0. The van der Waals surface area contributed by atoms with Gasteiger partial charge in [0.25, 0.3) is 0 Å². The van der Waals surface area contributed by atoms with Gasteiger partial charge in [0.15, 0.2) is 0 Å². The minimum absolute atomic E-state index is 0.0702. The zero-order valence-electron chi connectivity index (χ0n) is 14.9. The van der Waals surface area contributed by atoms with E-state index in [2.05, 4.69) is 44.3 Å². The molecule has 0 saturated heterocycles. The van der Waals surface area contributed by atoms with E-state index in [9.17, 15) is 4.79 Å². The molecule has 1 rings (SSSR count). The summed E-state index contributed by atoms with van der Waals surface area (Å²) in [5.74, 6) is 0. The molecular weight excluding hydrogens is 276 g/mol. The number of carbonyl (C=O) groups is 1. The van der Waals surface area contributed by atoms with E-state index < -0.39 is 11.7 Å².